The van der Waals surface area contributed by atoms with Gasteiger partial charge in [-0.15, -0.1) is 5.10 Å². The highest BCUT2D eigenvalue weighted by molar-refractivity contribution is 5.86. The number of carbonyl (C=O) groups excluding carboxylic acids is 1. The van der Waals surface area contributed by atoms with Gasteiger partial charge in [-0.25, -0.2) is 9.67 Å². The Morgan fingerprint density at radius 3 is 2.54 bits per heavy atom. The Morgan fingerprint density at radius 1 is 1.29 bits per heavy atom. The molecule has 2 heterocycles. The van der Waals surface area contributed by atoms with E-state index in [1.165, 1.54) is 0 Å². The Bertz CT molecular complexity index is 749. The summed E-state index contributed by atoms with van der Waals surface area (Å²) in [6, 6.07) is 0.179. The van der Waals surface area contributed by atoms with Crippen molar-refractivity contribution >= 4 is 16.9 Å². The molecule has 0 bridgehead atoms. The number of fused-ring (bicyclic) bond motifs is 1. The molecule has 0 aliphatic carbocycles. The summed E-state index contributed by atoms with van der Waals surface area (Å²) in [4.78, 5) is 16.8. The molecule has 0 saturated heterocycles. The number of aryl methyl sites for hydroxylation is 3. The molecule has 0 aliphatic rings. The van der Waals surface area contributed by atoms with Gasteiger partial charge in [0.15, 0.2) is 5.65 Å². The molecule has 0 fully saturated rings. The quantitative estimate of drug-likeness (QED) is 0.883. The highest BCUT2D eigenvalue weighted by Crippen LogP contribution is 2.30. The number of ether oxygens (including phenoxy) is 1. The normalized spacial score (nSPS) is 12.7. The standard InChI is InChI=1S/C18H28N4O2/c1-10(2)12(4)19-15(23)9-8-14-11(3)16-17(20-13(14)5)22(6)21-18(16)24-7/h10,12H,8-9H2,1-7H3,(H,19,23)/t12-/m1/s1. The fourth-order valence-corrected chi connectivity index (χ4v) is 2.84. The van der Waals surface area contributed by atoms with Crippen LogP contribution in [0.1, 0.15) is 44.0 Å². The number of rotatable bonds is 6. The van der Waals surface area contributed by atoms with Crippen molar-refractivity contribution in [1.29, 1.82) is 0 Å². The highest BCUT2D eigenvalue weighted by atomic mass is 16.5. The van der Waals surface area contributed by atoms with Crippen LogP contribution in [0.15, 0.2) is 0 Å². The lowest BCUT2D eigenvalue weighted by Gasteiger charge is -2.18. The third-order valence-corrected chi connectivity index (χ3v) is 4.71. The maximum atomic E-state index is 12.2. The van der Waals surface area contributed by atoms with Crippen molar-refractivity contribution in [3.05, 3.63) is 16.8 Å². The van der Waals surface area contributed by atoms with Crippen LogP contribution < -0.4 is 10.1 Å². The lowest BCUT2D eigenvalue weighted by atomic mass is 9.99. The van der Waals surface area contributed by atoms with Crippen LogP contribution in [0.5, 0.6) is 5.88 Å². The minimum atomic E-state index is 0.0771. The van der Waals surface area contributed by atoms with E-state index in [4.69, 9.17) is 4.74 Å². The summed E-state index contributed by atoms with van der Waals surface area (Å²) in [5, 5.41) is 8.34. The highest BCUT2D eigenvalue weighted by Gasteiger charge is 2.19. The maximum absolute atomic E-state index is 12.2. The van der Waals surface area contributed by atoms with E-state index >= 15 is 0 Å². The molecule has 24 heavy (non-hydrogen) atoms. The van der Waals surface area contributed by atoms with Crippen LogP contribution in [0.2, 0.25) is 0 Å². The largest absolute Gasteiger partial charge is 0.479 e. The Balaban J connectivity index is 2.25. The van der Waals surface area contributed by atoms with E-state index < -0.39 is 0 Å². The van der Waals surface area contributed by atoms with E-state index in [9.17, 15) is 4.79 Å². The summed E-state index contributed by atoms with van der Waals surface area (Å²) < 4.78 is 7.11. The Morgan fingerprint density at radius 2 is 1.96 bits per heavy atom. The van der Waals surface area contributed by atoms with Gasteiger partial charge >= 0.3 is 0 Å². The number of carbonyl (C=O) groups is 1. The molecule has 0 aliphatic heterocycles. The molecule has 6 heteroatoms. The number of nitrogens with zero attached hydrogens (tertiary/aromatic N) is 3. The number of methoxy groups -OCH3 is 1. The molecule has 0 unspecified atom stereocenters. The molecule has 132 valence electrons. The zero-order valence-electron chi connectivity index (χ0n) is 15.7. The number of pyridine rings is 1. The van der Waals surface area contributed by atoms with Gasteiger partial charge in [0.2, 0.25) is 11.8 Å². The van der Waals surface area contributed by atoms with E-state index in [0.717, 1.165) is 27.9 Å². The number of hydrogen-bond acceptors (Lipinski definition) is 4. The van der Waals surface area contributed by atoms with Gasteiger partial charge in [0.05, 0.1) is 12.5 Å². The van der Waals surface area contributed by atoms with E-state index in [1.54, 1.807) is 11.8 Å². The molecule has 6 nitrogen and oxygen atoms in total. The van der Waals surface area contributed by atoms with Crippen LogP contribution in [-0.2, 0) is 18.3 Å². The van der Waals surface area contributed by atoms with Gasteiger partial charge in [0, 0.05) is 25.2 Å². The molecule has 0 aromatic carbocycles. The van der Waals surface area contributed by atoms with E-state index in [2.05, 4.69) is 29.2 Å². The molecule has 2 rings (SSSR count). The predicted octanol–water partition coefficient (Wildman–Crippen LogP) is 2.69. The monoisotopic (exact) mass is 332 g/mol. The summed E-state index contributed by atoms with van der Waals surface area (Å²) in [6.45, 7) is 10.3. The first kappa shape index (κ1) is 18.2. The Hall–Kier alpha value is -2.11. The van der Waals surface area contributed by atoms with Gasteiger partial charge in [-0.1, -0.05) is 13.8 Å². The first-order chi connectivity index (χ1) is 11.3. The molecule has 2 aromatic rings. The lowest BCUT2D eigenvalue weighted by molar-refractivity contribution is -0.121. The second-order valence-electron chi connectivity index (χ2n) is 6.73. The average Bonchev–Trinajstić information content (AvgIpc) is 2.83. The van der Waals surface area contributed by atoms with Gasteiger partial charge in [0.1, 0.15) is 0 Å². The predicted molar refractivity (Wildman–Crippen MR) is 95.3 cm³/mol. The summed E-state index contributed by atoms with van der Waals surface area (Å²) in [5.74, 6) is 1.08. The summed E-state index contributed by atoms with van der Waals surface area (Å²) in [5.41, 5.74) is 3.94. The first-order valence-corrected chi connectivity index (χ1v) is 8.42. The first-order valence-electron chi connectivity index (χ1n) is 8.42. The van der Waals surface area contributed by atoms with Crippen LogP contribution in [0.25, 0.3) is 11.0 Å². The fourth-order valence-electron chi connectivity index (χ4n) is 2.84. The smallest absolute Gasteiger partial charge is 0.242 e. The second-order valence-corrected chi connectivity index (χ2v) is 6.73. The third kappa shape index (κ3) is 3.52. The summed E-state index contributed by atoms with van der Waals surface area (Å²) in [7, 11) is 3.47. The van der Waals surface area contributed by atoms with Crippen LogP contribution >= 0.6 is 0 Å². The zero-order valence-corrected chi connectivity index (χ0v) is 15.7. The summed E-state index contributed by atoms with van der Waals surface area (Å²) in [6.07, 6.45) is 1.11. The third-order valence-electron chi connectivity index (χ3n) is 4.71. The van der Waals surface area contributed by atoms with E-state index in [1.807, 2.05) is 27.8 Å². The number of aromatic nitrogens is 3. The Kier molecular flexibility index (Phi) is 5.47. The van der Waals surface area contributed by atoms with Crippen LogP contribution in [0, 0.1) is 19.8 Å². The second kappa shape index (κ2) is 7.20. The topological polar surface area (TPSA) is 69.0 Å². The number of hydrogen-bond donors (Lipinski definition) is 1. The van der Waals surface area contributed by atoms with Crippen molar-refractivity contribution in [3.63, 3.8) is 0 Å². The van der Waals surface area contributed by atoms with Crippen molar-refractivity contribution in [3.8, 4) is 5.88 Å². The molecule has 1 N–H and O–H groups in total. The average molecular weight is 332 g/mol. The van der Waals surface area contributed by atoms with Crippen molar-refractivity contribution in [2.24, 2.45) is 13.0 Å². The van der Waals surface area contributed by atoms with Crippen molar-refractivity contribution in [2.45, 2.75) is 53.5 Å². The number of nitrogens with one attached hydrogen (secondary N) is 1. The van der Waals surface area contributed by atoms with E-state index in [0.29, 0.717) is 24.6 Å². The fraction of sp³-hybridized carbons (Fsp3) is 0.611. The minimum absolute atomic E-state index is 0.0771. The molecule has 0 spiro atoms. The molecular formula is C18H28N4O2. The minimum Gasteiger partial charge on any atom is -0.479 e. The van der Waals surface area contributed by atoms with Crippen LogP contribution in [0.4, 0.5) is 0 Å². The van der Waals surface area contributed by atoms with Crippen LogP contribution in [-0.4, -0.2) is 33.8 Å². The van der Waals surface area contributed by atoms with E-state index in [-0.39, 0.29) is 11.9 Å². The van der Waals surface area contributed by atoms with Crippen molar-refractivity contribution in [2.75, 3.05) is 7.11 Å². The SMILES string of the molecule is COc1nn(C)c2nc(C)c(CCC(=O)N[C@H](C)C(C)C)c(C)c12. The molecular weight excluding hydrogens is 304 g/mol. The number of amides is 1. The maximum Gasteiger partial charge on any atom is 0.242 e. The van der Waals surface area contributed by atoms with Crippen molar-refractivity contribution in [1.82, 2.24) is 20.1 Å². The van der Waals surface area contributed by atoms with Crippen LogP contribution in [0.3, 0.4) is 0 Å². The van der Waals surface area contributed by atoms with Gasteiger partial charge < -0.3 is 10.1 Å². The molecule has 1 amide bonds. The molecule has 0 radical (unpaired) electrons. The van der Waals surface area contributed by atoms with Gasteiger partial charge in [-0.2, -0.15) is 0 Å². The molecule has 0 saturated carbocycles. The summed E-state index contributed by atoms with van der Waals surface area (Å²) >= 11 is 0. The van der Waals surface area contributed by atoms with Gasteiger partial charge in [-0.05, 0) is 44.2 Å². The van der Waals surface area contributed by atoms with Gasteiger partial charge in [-0.3, -0.25) is 4.79 Å². The lowest BCUT2D eigenvalue weighted by Crippen LogP contribution is -2.36. The zero-order chi connectivity index (χ0) is 18.0. The molecule has 2 aromatic heterocycles. The molecule has 1 atom stereocenters. The van der Waals surface area contributed by atoms with Gasteiger partial charge in [0.25, 0.3) is 0 Å². The van der Waals surface area contributed by atoms with Crippen molar-refractivity contribution < 1.29 is 9.53 Å². The Labute approximate surface area is 143 Å².